The van der Waals surface area contributed by atoms with E-state index >= 15 is 0 Å². The van der Waals surface area contributed by atoms with E-state index in [4.69, 9.17) is 0 Å². The molecular weight excluding hydrogens is 242 g/mol. The Morgan fingerprint density at radius 1 is 1.53 bits per heavy atom. The molecule has 2 aromatic heterocycles. The van der Waals surface area contributed by atoms with Crippen LogP contribution in [0.2, 0.25) is 0 Å². The Labute approximate surface area is 111 Å². The zero-order chi connectivity index (χ0) is 13.2. The smallest absolute Gasteiger partial charge is 0.269 e. The lowest BCUT2D eigenvalue weighted by Crippen LogP contribution is -2.34. The molecule has 3 heterocycles. The van der Waals surface area contributed by atoms with Crippen LogP contribution in [0.4, 0.5) is 0 Å². The van der Waals surface area contributed by atoms with E-state index in [0.717, 1.165) is 25.2 Å². The first kappa shape index (κ1) is 12.0. The van der Waals surface area contributed by atoms with Crippen molar-refractivity contribution in [3.8, 4) is 0 Å². The van der Waals surface area contributed by atoms with Crippen LogP contribution in [0.5, 0.6) is 0 Å². The highest BCUT2D eigenvalue weighted by atomic mass is 16.2. The van der Waals surface area contributed by atoms with Gasteiger partial charge in [-0.05, 0) is 18.4 Å². The van der Waals surface area contributed by atoms with Crippen LogP contribution in [0.15, 0.2) is 24.7 Å². The van der Waals surface area contributed by atoms with E-state index in [9.17, 15) is 4.79 Å². The minimum atomic E-state index is -0.0612. The summed E-state index contributed by atoms with van der Waals surface area (Å²) in [6.07, 6.45) is 7.49. The molecule has 100 valence electrons. The van der Waals surface area contributed by atoms with Gasteiger partial charge in [0, 0.05) is 45.1 Å². The molecule has 0 saturated carbocycles. The number of rotatable bonds is 3. The SMILES string of the molecule is Cn1nccc1C(=O)NC[C@@H]1CCn2ccnc2C1. The lowest BCUT2D eigenvalue weighted by molar-refractivity contribution is 0.0935. The van der Waals surface area contributed by atoms with Crippen molar-refractivity contribution < 1.29 is 4.79 Å². The number of fused-ring (bicyclic) bond motifs is 1. The molecular formula is C13H17N5O. The summed E-state index contributed by atoms with van der Waals surface area (Å²) >= 11 is 0. The van der Waals surface area contributed by atoms with Crippen LogP contribution in [0.3, 0.4) is 0 Å². The molecule has 0 radical (unpaired) electrons. The molecule has 2 aromatic rings. The van der Waals surface area contributed by atoms with E-state index in [0.29, 0.717) is 18.2 Å². The van der Waals surface area contributed by atoms with Crippen LogP contribution < -0.4 is 5.32 Å². The summed E-state index contributed by atoms with van der Waals surface area (Å²) in [4.78, 5) is 16.3. The van der Waals surface area contributed by atoms with Gasteiger partial charge in [0.1, 0.15) is 11.5 Å². The van der Waals surface area contributed by atoms with Gasteiger partial charge in [0.15, 0.2) is 0 Å². The number of hydrogen-bond donors (Lipinski definition) is 1. The van der Waals surface area contributed by atoms with Crippen LogP contribution in [0.25, 0.3) is 0 Å². The van der Waals surface area contributed by atoms with E-state index in [1.165, 1.54) is 0 Å². The van der Waals surface area contributed by atoms with Gasteiger partial charge in [0.05, 0.1) is 0 Å². The maximum Gasteiger partial charge on any atom is 0.269 e. The Morgan fingerprint density at radius 2 is 2.42 bits per heavy atom. The van der Waals surface area contributed by atoms with Crippen molar-refractivity contribution in [2.75, 3.05) is 6.54 Å². The topological polar surface area (TPSA) is 64.7 Å². The molecule has 1 N–H and O–H groups in total. The highest BCUT2D eigenvalue weighted by Gasteiger charge is 2.20. The van der Waals surface area contributed by atoms with Gasteiger partial charge in [0.25, 0.3) is 5.91 Å². The Morgan fingerprint density at radius 3 is 3.21 bits per heavy atom. The second-order valence-corrected chi connectivity index (χ2v) is 4.95. The molecule has 6 heteroatoms. The predicted molar refractivity (Wildman–Crippen MR) is 69.6 cm³/mol. The van der Waals surface area contributed by atoms with Gasteiger partial charge in [-0.2, -0.15) is 5.10 Å². The van der Waals surface area contributed by atoms with Crippen molar-refractivity contribution in [3.05, 3.63) is 36.2 Å². The standard InChI is InChI=1S/C13H17N5O/c1-17-11(2-4-16-17)13(19)15-9-10-3-6-18-7-5-14-12(18)8-10/h2,4-5,7,10H,3,6,8-9H2,1H3,(H,15,19)/t10-/m1/s1. The van der Waals surface area contributed by atoms with Crippen molar-refractivity contribution in [1.29, 1.82) is 0 Å². The maximum absolute atomic E-state index is 12.0. The Bertz CT molecular complexity index is 585. The van der Waals surface area contributed by atoms with Crippen molar-refractivity contribution in [2.24, 2.45) is 13.0 Å². The summed E-state index contributed by atoms with van der Waals surface area (Å²) < 4.78 is 3.77. The second kappa shape index (κ2) is 4.87. The van der Waals surface area contributed by atoms with Gasteiger partial charge in [-0.3, -0.25) is 9.48 Å². The number of nitrogens with one attached hydrogen (secondary N) is 1. The number of aryl methyl sites for hydroxylation is 2. The monoisotopic (exact) mass is 259 g/mol. The lowest BCUT2D eigenvalue weighted by atomic mass is 9.98. The van der Waals surface area contributed by atoms with Crippen molar-refractivity contribution >= 4 is 5.91 Å². The zero-order valence-electron chi connectivity index (χ0n) is 10.9. The van der Waals surface area contributed by atoms with Gasteiger partial charge >= 0.3 is 0 Å². The summed E-state index contributed by atoms with van der Waals surface area (Å²) in [5.41, 5.74) is 0.595. The second-order valence-electron chi connectivity index (χ2n) is 4.95. The fourth-order valence-corrected chi connectivity index (χ4v) is 2.51. The van der Waals surface area contributed by atoms with E-state index < -0.39 is 0 Å². The summed E-state index contributed by atoms with van der Waals surface area (Å²) in [5.74, 6) is 1.52. The average Bonchev–Trinajstić information content (AvgIpc) is 3.03. The summed E-state index contributed by atoms with van der Waals surface area (Å²) in [7, 11) is 1.77. The van der Waals surface area contributed by atoms with E-state index in [1.807, 2.05) is 12.4 Å². The average molecular weight is 259 g/mol. The van der Waals surface area contributed by atoms with Gasteiger partial charge in [-0.1, -0.05) is 0 Å². The molecule has 0 fully saturated rings. The van der Waals surface area contributed by atoms with Crippen molar-refractivity contribution in [3.63, 3.8) is 0 Å². The van der Waals surface area contributed by atoms with Crippen LogP contribution in [0, 0.1) is 5.92 Å². The predicted octanol–water partition coefficient (Wildman–Crippen LogP) is 0.609. The maximum atomic E-state index is 12.0. The van der Waals surface area contributed by atoms with Gasteiger partial charge in [-0.15, -0.1) is 0 Å². The van der Waals surface area contributed by atoms with Gasteiger partial charge in [0.2, 0.25) is 0 Å². The number of carbonyl (C=O) groups excluding carboxylic acids is 1. The van der Waals surface area contributed by atoms with Crippen molar-refractivity contribution in [2.45, 2.75) is 19.4 Å². The third-order valence-corrected chi connectivity index (χ3v) is 3.66. The molecule has 19 heavy (non-hydrogen) atoms. The van der Waals surface area contributed by atoms with Crippen LogP contribution in [0.1, 0.15) is 22.7 Å². The molecule has 0 aromatic carbocycles. The lowest BCUT2D eigenvalue weighted by Gasteiger charge is -2.23. The number of hydrogen-bond acceptors (Lipinski definition) is 3. The first-order valence-electron chi connectivity index (χ1n) is 6.50. The first-order chi connectivity index (χ1) is 9.24. The van der Waals surface area contributed by atoms with E-state index in [-0.39, 0.29) is 5.91 Å². The third-order valence-electron chi connectivity index (χ3n) is 3.66. The molecule has 0 aliphatic carbocycles. The van der Waals surface area contributed by atoms with E-state index in [2.05, 4.69) is 20.0 Å². The Kier molecular flexibility index (Phi) is 3.06. The zero-order valence-corrected chi connectivity index (χ0v) is 10.9. The summed E-state index contributed by atoms with van der Waals surface area (Å²) in [6.45, 7) is 1.68. The molecule has 3 rings (SSSR count). The number of carbonyl (C=O) groups is 1. The third kappa shape index (κ3) is 2.38. The highest BCUT2D eigenvalue weighted by molar-refractivity contribution is 5.92. The number of amides is 1. The first-order valence-corrected chi connectivity index (χ1v) is 6.50. The molecule has 0 unspecified atom stereocenters. The Balaban J connectivity index is 1.56. The van der Waals surface area contributed by atoms with Crippen LogP contribution in [-0.4, -0.2) is 31.8 Å². The van der Waals surface area contributed by atoms with Gasteiger partial charge < -0.3 is 9.88 Å². The highest BCUT2D eigenvalue weighted by Crippen LogP contribution is 2.18. The minimum absolute atomic E-state index is 0.0612. The molecule has 1 aliphatic heterocycles. The fraction of sp³-hybridized carbons (Fsp3) is 0.462. The fourth-order valence-electron chi connectivity index (χ4n) is 2.51. The number of aromatic nitrogens is 4. The molecule has 1 atom stereocenters. The molecule has 0 bridgehead atoms. The normalized spacial score (nSPS) is 18.1. The van der Waals surface area contributed by atoms with Crippen LogP contribution in [-0.2, 0) is 20.0 Å². The quantitative estimate of drug-likeness (QED) is 0.878. The molecule has 1 amide bonds. The van der Waals surface area contributed by atoms with Gasteiger partial charge in [-0.25, -0.2) is 4.98 Å². The minimum Gasteiger partial charge on any atom is -0.350 e. The summed E-state index contributed by atoms with van der Waals surface area (Å²) in [5, 5.41) is 6.98. The van der Waals surface area contributed by atoms with E-state index in [1.54, 1.807) is 24.0 Å². The summed E-state index contributed by atoms with van der Waals surface area (Å²) in [6, 6.07) is 1.73. The largest absolute Gasteiger partial charge is 0.350 e. The molecule has 6 nitrogen and oxygen atoms in total. The molecule has 0 saturated heterocycles. The molecule has 1 aliphatic rings. The number of nitrogens with zero attached hydrogens (tertiary/aromatic N) is 4. The van der Waals surface area contributed by atoms with Crippen LogP contribution >= 0.6 is 0 Å². The number of imidazole rings is 1. The van der Waals surface area contributed by atoms with Crippen molar-refractivity contribution in [1.82, 2.24) is 24.6 Å². The molecule has 0 spiro atoms. The Hall–Kier alpha value is -2.11.